The van der Waals surface area contributed by atoms with Gasteiger partial charge in [0.25, 0.3) is 11.8 Å². The lowest BCUT2D eigenvalue weighted by molar-refractivity contribution is -0.118. The van der Waals surface area contributed by atoms with Crippen LogP contribution >= 0.6 is 0 Å². The zero-order valence-corrected chi connectivity index (χ0v) is 19.4. The van der Waals surface area contributed by atoms with Gasteiger partial charge in [0.05, 0.1) is 17.8 Å². The number of hydrogen-bond acceptors (Lipinski definition) is 5. The first-order chi connectivity index (χ1) is 16.5. The Hall–Kier alpha value is -3.84. The van der Waals surface area contributed by atoms with Crippen LogP contribution in [0.4, 0.5) is 17.1 Å². The van der Waals surface area contributed by atoms with Crippen LogP contribution in [0.3, 0.4) is 0 Å². The van der Waals surface area contributed by atoms with E-state index in [-0.39, 0.29) is 30.6 Å². The van der Waals surface area contributed by atoms with Gasteiger partial charge in [-0.2, -0.15) is 0 Å². The fourth-order valence-electron chi connectivity index (χ4n) is 3.98. The predicted octanol–water partition coefficient (Wildman–Crippen LogP) is 4.57. The molecule has 0 saturated carbocycles. The monoisotopic (exact) mass is 459 g/mol. The Kier molecular flexibility index (Phi) is 7.44. The third-order valence-corrected chi connectivity index (χ3v) is 5.46. The number of rotatable bonds is 7. The molecule has 7 heteroatoms. The minimum absolute atomic E-state index is 0.179. The Bertz CT molecular complexity index is 1110. The molecule has 3 aromatic carbocycles. The van der Waals surface area contributed by atoms with E-state index in [1.807, 2.05) is 42.5 Å². The molecule has 0 spiro atoms. The topological polar surface area (TPSA) is 79.9 Å². The number of benzene rings is 3. The summed E-state index contributed by atoms with van der Waals surface area (Å²) in [6.07, 6.45) is 0.357. The zero-order chi connectivity index (χ0) is 23.9. The Morgan fingerprint density at radius 2 is 1.47 bits per heavy atom. The van der Waals surface area contributed by atoms with Crippen LogP contribution in [0.25, 0.3) is 0 Å². The molecule has 2 atom stereocenters. The smallest absolute Gasteiger partial charge is 0.262 e. The lowest BCUT2D eigenvalue weighted by atomic mass is 10.2. The molecule has 0 radical (unpaired) electrons. The number of ether oxygens (including phenoxy) is 2. The van der Waals surface area contributed by atoms with Crippen LogP contribution in [0.15, 0.2) is 78.9 Å². The number of carbonyl (C=O) groups is 2. The van der Waals surface area contributed by atoms with Gasteiger partial charge in [-0.3, -0.25) is 9.59 Å². The second-order valence-electron chi connectivity index (χ2n) is 8.36. The summed E-state index contributed by atoms with van der Waals surface area (Å²) >= 11 is 0. The van der Waals surface area contributed by atoms with Gasteiger partial charge in [0.2, 0.25) is 0 Å². The molecule has 3 aromatic rings. The van der Waals surface area contributed by atoms with Gasteiger partial charge in [-0.15, -0.1) is 0 Å². The minimum atomic E-state index is -0.306. The summed E-state index contributed by atoms with van der Waals surface area (Å²) in [5.41, 5.74) is 2.82. The molecule has 2 N–H and O–H groups in total. The number of amides is 2. The summed E-state index contributed by atoms with van der Waals surface area (Å²) in [5, 5.41) is 5.67. The molecule has 1 aliphatic rings. The van der Waals surface area contributed by atoms with Crippen LogP contribution in [0.1, 0.15) is 24.2 Å². The maximum atomic E-state index is 12.7. The molecule has 1 aliphatic heterocycles. The molecule has 2 unspecified atom stereocenters. The highest BCUT2D eigenvalue weighted by Gasteiger charge is 2.22. The highest BCUT2D eigenvalue weighted by Crippen LogP contribution is 2.23. The molecular formula is C27H29N3O4. The molecule has 4 rings (SSSR count). The second kappa shape index (κ2) is 10.9. The molecule has 176 valence electrons. The largest absolute Gasteiger partial charge is 0.483 e. The molecule has 1 fully saturated rings. The molecule has 34 heavy (non-hydrogen) atoms. The standard InChI is InChI=1S/C27H29N3O4/c1-19-16-30(17-20(2)34-19)23-14-12-22(13-15-23)28-26(31)18-33-25-11-7-6-10-24(25)27(32)29-21-8-4-3-5-9-21/h3-15,19-20H,16-18H2,1-2H3,(H,28,31)(H,29,32). The van der Waals surface area contributed by atoms with Crippen molar-refractivity contribution in [1.82, 2.24) is 0 Å². The van der Waals surface area contributed by atoms with E-state index >= 15 is 0 Å². The van der Waals surface area contributed by atoms with Crippen molar-refractivity contribution in [3.05, 3.63) is 84.4 Å². The van der Waals surface area contributed by atoms with Crippen molar-refractivity contribution < 1.29 is 19.1 Å². The van der Waals surface area contributed by atoms with Gasteiger partial charge in [-0.05, 0) is 62.4 Å². The van der Waals surface area contributed by atoms with Crippen molar-refractivity contribution in [3.63, 3.8) is 0 Å². The molecule has 0 aromatic heterocycles. The van der Waals surface area contributed by atoms with Crippen LogP contribution in [0.5, 0.6) is 5.75 Å². The third-order valence-electron chi connectivity index (χ3n) is 5.46. The summed E-state index contributed by atoms with van der Waals surface area (Å²) in [7, 11) is 0. The van der Waals surface area contributed by atoms with E-state index in [1.165, 1.54) is 0 Å². The van der Waals surface area contributed by atoms with Gasteiger partial charge >= 0.3 is 0 Å². The van der Waals surface area contributed by atoms with Crippen molar-refractivity contribution in [3.8, 4) is 5.75 Å². The first-order valence-corrected chi connectivity index (χ1v) is 11.4. The summed E-state index contributed by atoms with van der Waals surface area (Å²) in [6, 6.07) is 23.8. The van der Waals surface area contributed by atoms with E-state index in [2.05, 4.69) is 29.4 Å². The normalized spacial score (nSPS) is 17.6. The van der Waals surface area contributed by atoms with Gasteiger partial charge in [-0.1, -0.05) is 30.3 Å². The highest BCUT2D eigenvalue weighted by molar-refractivity contribution is 6.06. The molecule has 2 amide bonds. The molecular weight excluding hydrogens is 430 g/mol. The Balaban J connectivity index is 1.32. The second-order valence-corrected chi connectivity index (χ2v) is 8.36. The van der Waals surface area contributed by atoms with Crippen LogP contribution in [0.2, 0.25) is 0 Å². The molecule has 7 nitrogen and oxygen atoms in total. The first kappa shape index (κ1) is 23.3. The number of para-hydroxylation sites is 2. The number of carbonyl (C=O) groups excluding carboxylic acids is 2. The SMILES string of the molecule is CC1CN(c2ccc(NC(=O)COc3ccccc3C(=O)Nc3ccccc3)cc2)CC(C)O1. The van der Waals surface area contributed by atoms with Crippen LogP contribution in [-0.2, 0) is 9.53 Å². The number of nitrogens with zero attached hydrogens (tertiary/aromatic N) is 1. The average molecular weight is 460 g/mol. The lowest BCUT2D eigenvalue weighted by Gasteiger charge is -2.36. The van der Waals surface area contributed by atoms with Crippen molar-refractivity contribution in [2.45, 2.75) is 26.1 Å². The fourth-order valence-corrected chi connectivity index (χ4v) is 3.98. The Morgan fingerprint density at radius 1 is 0.853 bits per heavy atom. The average Bonchev–Trinajstić information content (AvgIpc) is 2.83. The van der Waals surface area contributed by atoms with Crippen LogP contribution < -0.4 is 20.3 Å². The molecule has 0 aliphatic carbocycles. The van der Waals surface area contributed by atoms with E-state index in [0.29, 0.717) is 22.7 Å². The summed E-state index contributed by atoms with van der Waals surface area (Å²) < 4.78 is 11.5. The first-order valence-electron chi connectivity index (χ1n) is 11.4. The lowest BCUT2D eigenvalue weighted by Crippen LogP contribution is -2.45. The van der Waals surface area contributed by atoms with Gasteiger partial charge in [0.15, 0.2) is 6.61 Å². The van der Waals surface area contributed by atoms with Crippen molar-refractivity contribution in [1.29, 1.82) is 0 Å². The van der Waals surface area contributed by atoms with E-state index in [1.54, 1.807) is 36.4 Å². The van der Waals surface area contributed by atoms with Gasteiger partial charge in [0.1, 0.15) is 5.75 Å². The van der Waals surface area contributed by atoms with Crippen molar-refractivity contribution >= 4 is 28.9 Å². The van der Waals surface area contributed by atoms with E-state index in [0.717, 1.165) is 18.8 Å². The summed E-state index contributed by atoms with van der Waals surface area (Å²) in [6.45, 7) is 5.60. The Labute approximate surface area is 199 Å². The van der Waals surface area contributed by atoms with E-state index < -0.39 is 0 Å². The minimum Gasteiger partial charge on any atom is -0.483 e. The quantitative estimate of drug-likeness (QED) is 0.541. The van der Waals surface area contributed by atoms with Gasteiger partial charge in [-0.25, -0.2) is 0 Å². The van der Waals surface area contributed by atoms with Crippen molar-refractivity contribution in [2.24, 2.45) is 0 Å². The van der Waals surface area contributed by atoms with Crippen LogP contribution in [0, 0.1) is 0 Å². The van der Waals surface area contributed by atoms with E-state index in [9.17, 15) is 9.59 Å². The Morgan fingerprint density at radius 3 is 2.18 bits per heavy atom. The molecule has 0 bridgehead atoms. The summed E-state index contributed by atoms with van der Waals surface area (Å²) in [5.74, 6) is -0.263. The number of hydrogen-bond donors (Lipinski definition) is 2. The zero-order valence-electron chi connectivity index (χ0n) is 19.4. The maximum Gasteiger partial charge on any atom is 0.262 e. The van der Waals surface area contributed by atoms with Gasteiger partial charge in [0, 0.05) is 30.2 Å². The van der Waals surface area contributed by atoms with Gasteiger partial charge < -0.3 is 25.0 Å². The predicted molar refractivity (Wildman–Crippen MR) is 134 cm³/mol. The highest BCUT2D eigenvalue weighted by atomic mass is 16.5. The number of morpholine rings is 1. The van der Waals surface area contributed by atoms with Crippen LogP contribution in [-0.4, -0.2) is 43.7 Å². The third kappa shape index (κ3) is 6.14. The van der Waals surface area contributed by atoms with Crippen molar-refractivity contribution in [2.75, 3.05) is 35.2 Å². The number of anilines is 3. The molecule has 1 heterocycles. The molecule has 1 saturated heterocycles. The number of nitrogens with one attached hydrogen (secondary N) is 2. The fraction of sp³-hybridized carbons (Fsp3) is 0.259. The summed E-state index contributed by atoms with van der Waals surface area (Å²) in [4.78, 5) is 27.4. The van der Waals surface area contributed by atoms with E-state index in [4.69, 9.17) is 9.47 Å². The maximum absolute atomic E-state index is 12.7.